The largest absolute Gasteiger partial charge is 0.491 e. The summed E-state index contributed by atoms with van der Waals surface area (Å²) in [6, 6.07) is 15.0. The maximum atomic E-state index is 11.5. The van der Waals surface area contributed by atoms with Crippen LogP contribution in [0.25, 0.3) is 32.3 Å². The SMILES string of the molecule is COCCOc1cc2c3cc(OCCO)ccc3c(OCCOP(C)(=O)O)cc2c2cc(OCCO)ccc12. The van der Waals surface area contributed by atoms with E-state index in [0.717, 1.165) is 39.0 Å². The van der Waals surface area contributed by atoms with Gasteiger partial charge in [0, 0.05) is 24.5 Å². The van der Waals surface area contributed by atoms with Crippen LogP contribution < -0.4 is 18.9 Å². The molecular formula is C28H33O10P. The van der Waals surface area contributed by atoms with Crippen LogP contribution in [0.5, 0.6) is 23.0 Å². The Morgan fingerprint density at radius 1 is 0.615 bits per heavy atom. The minimum absolute atomic E-state index is 0.0583. The monoisotopic (exact) mass is 560 g/mol. The Hall–Kier alpha value is -3.11. The van der Waals surface area contributed by atoms with E-state index in [4.69, 9.17) is 28.2 Å². The average Bonchev–Trinajstić information content (AvgIpc) is 2.92. The first kappa shape index (κ1) is 28.9. The lowest BCUT2D eigenvalue weighted by Crippen LogP contribution is -2.06. The van der Waals surface area contributed by atoms with Gasteiger partial charge in [-0.3, -0.25) is 4.57 Å². The Balaban J connectivity index is 1.92. The molecule has 0 radical (unpaired) electrons. The van der Waals surface area contributed by atoms with Crippen LogP contribution in [-0.2, 0) is 13.8 Å². The molecule has 39 heavy (non-hydrogen) atoms. The molecule has 0 aliphatic rings. The highest BCUT2D eigenvalue weighted by atomic mass is 31.2. The molecule has 4 aromatic carbocycles. The molecule has 3 N–H and O–H groups in total. The van der Waals surface area contributed by atoms with Gasteiger partial charge in [0.2, 0.25) is 0 Å². The zero-order chi connectivity index (χ0) is 27.8. The zero-order valence-electron chi connectivity index (χ0n) is 21.9. The Bertz CT molecular complexity index is 1470. The van der Waals surface area contributed by atoms with Crippen LogP contribution >= 0.6 is 7.60 Å². The number of aliphatic hydroxyl groups is 2. The van der Waals surface area contributed by atoms with Crippen molar-refractivity contribution in [2.45, 2.75) is 0 Å². The molecule has 0 bridgehead atoms. The Kier molecular flexibility index (Phi) is 9.85. The maximum Gasteiger partial charge on any atom is 0.325 e. The predicted octanol–water partition coefficient (Wildman–Crippen LogP) is 4.12. The van der Waals surface area contributed by atoms with Crippen molar-refractivity contribution < 1.29 is 47.9 Å². The molecule has 11 heteroatoms. The topological polar surface area (TPSA) is 133 Å². The summed E-state index contributed by atoms with van der Waals surface area (Å²) < 4.78 is 45.2. The third-order valence-corrected chi connectivity index (χ3v) is 6.53. The quantitative estimate of drug-likeness (QED) is 0.111. The van der Waals surface area contributed by atoms with Crippen molar-refractivity contribution in [2.24, 2.45) is 0 Å². The fraction of sp³-hybridized carbons (Fsp3) is 0.357. The third-order valence-electron chi connectivity index (χ3n) is 5.87. The van der Waals surface area contributed by atoms with Crippen LogP contribution in [0.4, 0.5) is 0 Å². The summed E-state index contributed by atoms with van der Waals surface area (Å²) in [7, 11) is -2.02. The lowest BCUT2D eigenvalue weighted by molar-refractivity contribution is 0.147. The predicted molar refractivity (Wildman–Crippen MR) is 149 cm³/mol. The molecule has 0 saturated heterocycles. The van der Waals surface area contributed by atoms with Crippen LogP contribution in [-0.4, -0.2) is 81.7 Å². The van der Waals surface area contributed by atoms with Gasteiger partial charge in [-0.05, 0) is 70.1 Å². The summed E-state index contributed by atoms with van der Waals surface area (Å²) in [6.07, 6.45) is 0. The molecule has 0 aliphatic heterocycles. The fourth-order valence-electron chi connectivity index (χ4n) is 4.28. The minimum Gasteiger partial charge on any atom is -0.491 e. The Morgan fingerprint density at radius 2 is 1.08 bits per heavy atom. The summed E-state index contributed by atoms with van der Waals surface area (Å²) in [5.41, 5.74) is 0. The van der Waals surface area contributed by atoms with E-state index in [1.54, 1.807) is 13.2 Å². The van der Waals surface area contributed by atoms with E-state index < -0.39 is 7.60 Å². The highest BCUT2D eigenvalue weighted by molar-refractivity contribution is 7.51. The van der Waals surface area contributed by atoms with E-state index in [0.29, 0.717) is 36.2 Å². The van der Waals surface area contributed by atoms with Crippen molar-refractivity contribution in [1.82, 2.24) is 0 Å². The van der Waals surface area contributed by atoms with E-state index in [2.05, 4.69) is 0 Å². The van der Waals surface area contributed by atoms with Crippen molar-refractivity contribution in [3.8, 4) is 23.0 Å². The van der Waals surface area contributed by atoms with Gasteiger partial charge < -0.3 is 43.3 Å². The number of methoxy groups -OCH3 is 1. The summed E-state index contributed by atoms with van der Waals surface area (Å²) in [6.45, 7) is 1.97. The molecule has 0 saturated carbocycles. The van der Waals surface area contributed by atoms with Crippen LogP contribution in [0, 0.1) is 0 Å². The fourth-order valence-corrected chi connectivity index (χ4v) is 4.69. The van der Waals surface area contributed by atoms with E-state index in [-0.39, 0.29) is 39.6 Å². The van der Waals surface area contributed by atoms with Gasteiger partial charge in [-0.25, -0.2) is 0 Å². The molecule has 0 aliphatic carbocycles. The zero-order valence-corrected chi connectivity index (χ0v) is 22.8. The van der Waals surface area contributed by atoms with Crippen LogP contribution in [0.1, 0.15) is 0 Å². The van der Waals surface area contributed by atoms with Crippen molar-refractivity contribution in [1.29, 1.82) is 0 Å². The van der Waals surface area contributed by atoms with Gasteiger partial charge in [0.1, 0.15) is 49.4 Å². The smallest absolute Gasteiger partial charge is 0.325 e. The van der Waals surface area contributed by atoms with Crippen molar-refractivity contribution >= 4 is 39.9 Å². The van der Waals surface area contributed by atoms with Gasteiger partial charge in [0.15, 0.2) is 0 Å². The van der Waals surface area contributed by atoms with Crippen molar-refractivity contribution in [3.63, 3.8) is 0 Å². The molecule has 0 amide bonds. The van der Waals surface area contributed by atoms with Gasteiger partial charge in [-0.1, -0.05) is 0 Å². The molecule has 0 fully saturated rings. The van der Waals surface area contributed by atoms with E-state index >= 15 is 0 Å². The molecule has 0 spiro atoms. The Morgan fingerprint density at radius 3 is 1.51 bits per heavy atom. The van der Waals surface area contributed by atoms with Gasteiger partial charge >= 0.3 is 7.60 Å². The number of rotatable bonds is 15. The molecule has 1 atom stereocenters. The second-order valence-corrected chi connectivity index (χ2v) is 10.6. The van der Waals surface area contributed by atoms with E-state index in [1.165, 1.54) is 0 Å². The van der Waals surface area contributed by atoms with Gasteiger partial charge in [0.25, 0.3) is 0 Å². The van der Waals surface area contributed by atoms with Gasteiger partial charge in [0.05, 0.1) is 26.4 Å². The molecule has 4 aromatic rings. The number of hydrogen-bond donors (Lipinski definition) is 3. The number of fused-ring (bicyclic) bond motifs is 5. The first-order chi connectivity index (χ1) is 18.8. The number of benzene rings is 4. The minimum atomic E-state index is -3.63. The number of aliphatic hydroxyl groups excluding tert-OH is 2. The molecule has 4 rings (SSSR count). The highest BCUT2D eigenvalue weighted by Gasteiger charge is 2.17. The summed E-state index contributed by atoms with van der Waals surface area (Å²) in [5, 5.41) is 23.5. The lowest BCUT2D eigenvalue weighted by atomic mass is 9.95. The second kappa shape index (κ2) is 13.3. The first-order valence-corrected chi connectivity index (χ1v) is 14.5. The molecule has 0 aromatic heterocycles. The van der Waals surface area contributed by atoms with Crippen LogP contribution in [0.3, 0.4) is 0 Å². The summed E-state index contributed by atoms with van der Waals surface area (Å²) in [5.74, 6) is 2.38. The van der Waals surface area contributed by atoms with Crippen LogP contribution in [0.15, 0.2) is 48.5 Å². The third kappa shape index (κ3) is 7.30. The average molecular weight is 561 g/mol. The molecule has 1 unspecified atom stereocenters. The second-order valence-electron chi connectivity index (χ2n) is 8.73. The van der Waals surface area contributed by atoms with E-state index in [9.17, 15) is 19.7 Å². The summed E-state index contributed by atoms with van der Waals surface area (Å²) in [4.78, 5) is 9.44. The van der Waals surface area contributed by atoms with Gasteiger partial charge in [-0.2, -0.15) is 0 Å². The Labute approximate surface area is 226 Å². The summed E-state index contributed by atoms with van der Waals surface area (Å²) >= 11 is 0. The standard InChI is InChI=1S/C28H33O10P/c1-33-11-12-36-27-17-25-24-16-20(35-10-8-30)4-6-22(24)28(37-13-14-38-39(2,31)32)18-26(25)23-15-19(34-9-7-29)3-5-21(23)27/h3-6,15-18,29-30H,7-14H2,1-2H3,(H,31,32). The molecule has 10 nitrogen and oxygen atoms in total. The van der Waals surface area contributed by atoms with Gasteiger partial charge in [-0.15, -0.1) is 0 Å². The normalized spacial score (nSPS) is 13.1. The van der Waals surface area contributed by atoms with Crippen molar-refractivity contribution in [2.75, 3.05) is 66.6 Å². The first-order valence-electron chi connectivity index (χ1n) is 12.5. The maximum absolute atomic E-state index is 11.5. The van der Waals surface area contributed by atoms with Crippen LogP contribution in [0.2, 0.25) is 0 Å². The highest BCUT2D eigenvalue weighted by Crippen LogP contribution is 2.43. The number of ether oxygens (including phenoxy) is 5. The molecular weight excluding hydrogens is 527 g/mol. The number of hydrogen-bond acceptors (Lipinski definition) is 9. The molecule has 0 heterocycles. The van der Waals surface area contributed by atoms with E-state index in [1.807, 2.05) is 42.5 Å². The molecule has 210 valence electrons. The lowest BCUT2D eigenvalue weighted by Gasteiger charge is -2.18. The van der Waals surface area contributed by atoms with Crippen molar-refractivity contribution in [3.05, 3.63) is 48.5 Å².